The molecule has 0 saturated carbocycles. The second-order valence-electron chi connectivity index (χ2n) is 3.34. The zero-order valence-electron chi connectivity index (χ0n) is 8.12. The van der Waals surface area contributed by atoms with Crippen LogP contribution in [0.25, 0.3) is 10.4 Å². The van der Waals surface area contributed by atoms with Crippen molar-refractivity contribution >= 4 is 27.3 Å². The Labute approximate surface area is 101 Å². The largest absolute Gasteiger partial charge is 0.294 e. The van der Waals surface area contributed by atoms with Gasteiger partial charge in [0.2, 0.25) is 0 Å². The molecule has 16 heavy (non-hydrogen) atoms. The first-order valence-corrected chi connectivity index (χ1v) is 5.30. The number of carbonyl (C=O) groups excluding carboxylic acids is 1. The van der Waals surface area contributed by atoms with Crippen molar-refractivity contribution in [2.24, 2.45) is 0 Å². The van der Waals surface area contributed by atoms with E-state index in [0.717, 1.165) is 4.47 Å². The minimum Gasteiger partial charge on any atom is -0.294 e. The lowest BCUT2D eigenvalue weighted by Crippen LogP contribution is -1.89. The monoisotopic (exact) mass is 272 g/mol. The van der Waals surface area contributed by atoms with Crippen LogP contribution in [-0.2, 0) is 0 Å². The fourth-order valence-corrected chi connectivity index (χ4v) is 2.09. The number of halogens is 1. The van der Waals surface area contributed by atoms with Crippen LogP contribution in [0.3, 0.4) is 0 Å². The third-order valence-corrected chi connectivity index (χ3v) is 2.94. The molecule has 0 N–H and O–H groups in total. The normalized spacial score (nSPS) is 16.3. The molecule has 1 aromatic carbocycles. The van der Waals surface area contributed by atoms with Crippen LogP contribution in [0.2, 0.25) is 0 Å². The summed E-state index contributed by atoms with van der Waals surface area (Å²) in [6.45, 7) is 6.91. The van der Waals surface area contributed by atoms with Gasteiger partial charge < -0.3 is 0 Å². The lowest BCUT2D eigenvalue weighted by atomic mass is 10.1. The highest BCUT2D eigenvalue weighted by Gasteiger charge is 2.26. The Morgan fingerprint density at radius 2 is 2.25 bits per heavy atom. The molecule has 1 aromatic rings. The molecule has 3 nitrogen and oxygen atoms in total. The number of hydrogen-bond donors (Lipinski definition) is 0. The molecule has 0 aliphatic heterocycles. The Balaban J connectivity index is 2.74. The van der Waals surface area contributed by atoms with Crippen LogP contribution >= 0.6 is 15.9 Å². The van der Waals surface area contributed by atoms with E-state index in [2.05, 4.69) is 20.8 Å². The van der Waals surface area contributed by atoms with Crippen LogP contribution in [-0.4, -0.2) is 5.78 Å². The number of fused-ring (bicyclic) bond motifs is 1. The van der Waals surface area contributed by atoms with Crippen molar-refractivity contribution in [3.63, 3.8) is 0 Å². The second kappa shape index (κ2) is 3.92. The van der Waals surface area contributed by atoms with Gasteiger partial charge >= 0.3 is 0 Å². The van der Waals surface area contributed by atoms with Gasteiger partial charge in [0.05, 0.1) is 12.6 Å². The summed E-state index contributed by atoms with van der Waals surface area (Å²) in [4.78, 5) is 14.8. The molecule has 2 rings (SSSR count). The molecule has 1 aliphatic carbocycles. The summed E-state index contributed by atoms with van der Waals surface area (Å²) in [5.74, 6) is -0.0334. The van der Waals surface area contributed by atoms with Gasteiger partial charge in [0.25, 0.3) is 5.70 Å². The van der Waals surface area contributed by atoms with Crippen molar-refractivity contribution in [2.75, 3.05) is 0 Å². The van der Waals surface area contributed by atoms with Crippen molar-refractivity contribution in [3.8, 4) is 6.07 Å². The lowest BCUT2D eigenvalue weighted by Gasteiger charge is -2.00. The highest BCUT2D eigenvalue weighted by atomic mass is 79.9. The molecular formula is C12H5BrN2O. The molecule has 0 heterocycles. The maximum atomic E-state index is 11.7. The predicted molar refractivity (Wildman–Crippen MR) is 62.2 cm³/mol. The topological polar surface area (TPSA) is 45.2 Å². The molecule has 76 valence electrons. The number of Topliss-reactive ketones (excluding diaryl/α,β-unsaturated/α-hetero) is 1. The van der Waals surface area contributed by atoms with Gasteiger partial charge in [-0.05, 0) is 29.3 Å². The van der Waals surface area contributed by atoms with Crippen molar-refractivity contribution in [3.05, 3.63) is 50.9 Å². The smallest absolute Gasteiger partial charge is 0.266 e. The summed E-state index contributed by atoms with van der Waals surface area (Å²) in [5, 5.41) is 8.82. The third kappa shape index (κ3) is 1.54. The molecule has 0 aromatic heterocycles. The van der Waals surface area contributed by atoms with E-state index in [1.807, 2.05) is 6.07 Å². The number of carbonyl (C=O) groups is 1. The predicted octanol–water partition coefficient (Wildman–Crippen LogP) is 3.19. The molecule has 0 atom stereocenters. The van der Waals surface area contributed by atoms with Crippen molar-refractivity contribution in [1.29, 1.82) is 5.26 Å². The van der Waals surface area contributed by atoms with Gasteiger partial charge in [-0.15, -0.1) is 0 Å². The van der Waals surface area contributed by atoms with Crippen LogP contribution in [0.1, 0.15) is 22.3 Å². The highest BCUT2D eigenvalue weighted by Crippen LogP contribution is 2.36. The van der Waals surface area contributed by atoms with Crippen LogP contribution < -0.4 is 0 Å². The lowest BCUT2D eigenvalue weighted by molar-refractivity contribution is 0.100. The zero-order chi connectivity index (χ0) is 11.7. The van der Waals surface area contributed by atoms with E-state index in [-0.39, 0.29) is 17.9 Å². The molecular weight excluding hydrogens is 268 g/mol. The van der Waals surface area contributed by atoms with Gasteiger partial charge in [0.15, 0.2) is 5.78 Å². The van der Waals surface area contributed by atoms with E-state index in [9.17, 15) is 4.79 Å². The Bertz CT molecular complexity index is 586. The van der Waals surface area contributed by atoms with Crippen LogP contribution in [0, 0.1) is 17.9 Å². The Morgan fingerprint density at radius 3 is 2.88 bits per heavy atom. The minimum absolute atomic E-state index is 0.00481. The quantitative estimate of drug-likeness (QED) is 0.538. The number of nitrogens with zero attached hydrogens (tertiary/aromatic N) is 2. The van der Waals surface area contributed by atoms with E-state index in [1.165, 1.54) is 0 Å². The van der Waals surface area contributed by atoms with E-state index in [0.29, 0.717) is 16.7 Å². The number of rotatable bonds is 0. The maximum absolute atomic E-state index is 11.7. The number of benzene rings is 1. The number of ketones is 1. The Hall–Kier alpha value is -1.91. The minimum atomic E-state index is -0.0334. The molecule has 1 aliphatic rings. The number of hydrogen-bond acceptors (Lipinski definition) is 2. The van der Waals surface area contributed by atoms with Crippen molar-refractivity contribution < 1.29 is 4.79 Å². The van der Waals surface area contributed by atoms with Gasteiger partial charge in [-0.3, -0.25) is 4.79 Å². The summed E-state index contributed by atoms with van der Waals surface area (Å²) in [6.07, 6.45) is 0.150. The van der Waals surface area contributed by atoms with Crippen LogP contribution in [0.15, 0.2) is 28.4 Å². The summed E-state index contributed by atoms with van der Waals surface area (Å²) < 4.78 is 0.834. The zero-order valence-corrected chi connectivity index (χ0v) is 9.71. The van der Waals surface area contributed by atoms with Gasteiger partial charge in [-0.1, -0.05) is 15.9 Å². The molecule has 0 saturated heterocycles. The van der Waals surface area contributed by atoms with Crippen molar-refractivity contribution in [1.82, 2.24) is 0 Å². The SMILES string of the molecule is [C-]#[N+]/C(C#N)=C1/CC(=O)c2ccc(Br)cc21. The highest BCUT2D eigenvalue weighted by molar-refractivity contribution is 9.10. The Morgan fingerprint density at radius 1 is 1.50 bits per heavy atom. The fraction of sp³-hybridized carbons (Fsp3) is 0.0833. The second-order valence-corrected chi connectivity index (χ2v) is 4.26. The summed E-state index contributed by atoms with van der Waals surface area (Å²) >= 11 is 3.31. The van der Waals surface area contributed by atoms with Crippen LogP contribution in [0.4, 0.5) is 0 Å². The summed E-state index contributed by atoms with van der Waals surface area (Å²) in [5.41, 5.74) is 1.84. The third-order valence-electron chi connectivity index (χ3n) is 2.45. The fourth-order valence-electron chi connectivity index (χ4n) is 1.73. The molecule has 0 amide bonds. The van der Waals surface area contributed by atoms with Gasteiger partial charge in [-0.25, -0.2) is 10.1 Å². The molecule has 0 fully saturated rings. The molecule has 0 spiro atoms. The molecule has 0 bridgehead atoms. The van der Waals surface area contributed by atoms with Crippen molar-refractivity contribution in [2.45, 2.75) is 6.42 Å². The van der Waals surface area contributed by atoms with Gasteiger partial charge in [-0.2, -0.15) is 0 Å². The van der Waals surface area contributed by atoms with Gasteiger partial charge in [0, 0.05) is 16.5 Å². The first-order chi connectivity index (χ1) is 7.67. The summed E-state index contributed by atoms with van der Waals surface area (Å²) in [6, 6.07) is 7.11. The molecule has 0 radical (unpaired) electrons. The average molecular weight is 273 g/mol. The van der Waals surface area contributed by atoms with E-state index < -0.39 is 0 Å². The van der Waals surface area contributed by atoms with E-state index in [4.69, 9.17) is 11.8 Å². The number of nitriles is 1. The maximum Gasteiger partial charge on any atom is 0.266 e. The number of allylic oxidation sites excluding steroid dienone is 2. The van der Waals surface area contributed by atoms with E-state index in [1.54, 1.807) is 18.2 Å². The van der Waals surface area contributed by atoms with E-state index >= 15 is 0 Å². The van der Waals surface area contributed by atoms with Gasteiger partial charge in [0.1, 0.15) is 0 Å². The first kappa shape index (κ1) is 10.6. The Kier molecular flexibility index (Phi) is 2.60. The molecule has 0 unspecified atom stereocenters. The van der Waals surface area contributed by atoms with Crippen LogP contribution in [0.5, 0.6) is 0 Å². The molecule has 4 heteroatoms. The standard InChI is InChI=1S/C12H5BrN2O/c1-15-11(6-14)10-5-12(16)8-3-2-7(13)4-9(8)10/h2-4H,5H2/b11-10-. The average Bonchev–Trinajstić information content (AvgIpc) is 2.58. The summed E-state index contributed by atoms with van der Waals surface area (Å²) in [7, 11) is 0. The first-order valence-electron chi connectivity index (χ1n) is 4.51.